The Kier molecular flexibility index (Phi) is 3.57. The Morgan fingerprint density at radius 3 is 2.67 bits per heavy atom. The molecule has 1 rings (SSSR count). The van der Waals surface area contributed by atoms with E-state index >= 15 is 0 Å². The van der Waals surface area contributed by atoms with Crippen LogP contribution in [-0.4, -0.2) is 18.2 Å². The number of hydrogen-bond acceptors (Lipinski definition) is 3. The van der Waals surface area contributed by atoms with Gasteiger partial charge in [0.2, 0.25) is 0 Å². The Labute approximate surface area is 86.8 Å². The molecule has 0 aliphatic heterocycles. The van der Waals surface area contributed by atoms with E-state index in [0.717, 1.165) is 0 Å². The third-order valence-electron chi connectivity index (χ3n) is 1.98. The summed E-state index contributed by atoms with van der Waals surface area (Å²) in [4.78, 5) is 11.0. The first-order valence-corrected chi connectivity index (χ1v) is 4.27. The maximum Gasteiger partial charge on any atom is 0.336 e. The number of hydrogen-bond donors (Lipinski definition) is 1. The van der Waals surface area contributed by atoms with E-state index in [1.54, 1.807) is 6.07 Å². The summed E-state index contributed by atoms with van der Waals surface area (Å²) >= 11 is 0. The predicted octanol–water partition coefficient (Wildman–Crippen LogP) is 1.59. The van der Waals surface area contributed by atoms with E-state index in [0.29, 0.717) is 0 Å². The summed E-state index contributed by atoms with van der Waals surface area (Å²) in [5, 5.41) is 9.63. The number of esters is 1. The van der Waals surface area contributed by atoms with E-state index in [-0.39, 0.29) is 11.1 Å². The summed E-state index contributed by atoms with van der Waals surface area (Å²) in [5.74, 6) is -1.35. The van der Waals surface area contributed by atoms with Gasteiger partial charge in [-0.25, -0.2) is 9.18 Å². The molecule has 0 unspecified atom stereocenters. The molecule has 3 nitrogen and oxygen atoms in total. The Balaban J connectivity index is 2.95. The summed E-state index contributed by atoms with van der Waals surface area (Å²) < 4.78 is 17.6. The fourth-order valence-electron chi connectivity index (χ4n) is 1.13. The van der Waals surface area contributed by atoms with E-state index in [2.05, 4.69) is 11.3 Å². The van der Waals surface area contributed by atoms with Crippen LogP contribution in [0.2, 0.25) is 0 Å². The quantitative estimate of drug-likeness (QED) is 0.608. The van der Waals surface area contributed by atoms with E-state index in [1.165, 1.54) is 25.3 Å². The van der Waals surface area contributed by atoms with Crippen molar-refractivity contribution in [1.82, 2.24) is 0 Å². The van der Waals surface area contributed by atoms with Crippen molar-refractivity contribution in [3.05, 3.63) is 47.8 Å². The lowest BCUT2D eigenvalue weighted by molar-refractivity contribution is -0.137. The molecule has 0 amide bonds. The highest BCUT2D eigenvalue weighted by Gasteiger charge is 2.21. The normalized spacial score (nSPS) is 11.9. The van der Waals surface area contributed by atoms with Gasteiger partial charge >= 0.3 is 5.97 Å². The molecule has 1 N–H and O–H groups in total. The average Bonchev–Trinajstić information content (AvgIpc) is 2.26. The van der Waals surface area contributed by atoms with Crippen molar-refractivity contribution in [3.63, 3.8) is 0 Å². The van der Waals surface area contributed by atoms with Crippen LogP contribution >= 0.6 is 0 Å². The van der Waals surface area contributed by atoms with Gasteiger partial charge in [-0.3, -0.25) is 0 Å². The summed E-state index contributed by atoms with van der Waals surface area (Å²) in [6.07, 6.45) is -1.38. The van der Waals surface area contributed by atoms with Crippen molar-refractivity contribution in [3.8, 4) is 0 Å². The maximum atomic E-state index is 13.2. The lowest BCUT2D eigenvalue weighted by Crippen LogP contribution is -2.13. The summed E-state index contributed by atoms with van der Waals surface area (Å²) in [7, 11) is 1.17. The maximum absolute atomic E-state index is 13.2. The average molecular weight is 210 g/mol. The molecule has 0 radical (unpaired) electrons. The van der Waals surface area contributed by atoms with E-state index in [4.69, 9.17) is 0 Å². The standard InChI is InChI=1S/C11H11FO3/c1-7(11(14)15-2)10(13)8-5-3-4-6-9(8)12/h3-6,10,13H,1H2,2H3/t10-/m1/s1. The third kappa shape index (κ3) is 2.41. The summed E-state index contributed by atoms with van der Waals surface area (Å²) in [6, 6.07) is 5.63. The monoisotopic (exact) mass is 210 g/mol. The Bertz CT molecular complexity index is 387. The molecule has 0 aliphatic rings. The van der Waals surface area contributed by atoms with Crippen molar-refractivity contribution < 1.29 is 19.0 Å². The molecular weight excluding hydrogens is 199 g/mol. The van der Waals surface area contributed by atoms with Crippen LogP contribution in [0.25, 0.3) is 0 Å². The molecule has 1 atom stereocenters. The van der Waals surface area contributed by atoms with Gasteiger partial charge in [0, 0.05) is 5.56 Å². The minimum absolute atomic E-state index is 0.00731. The molecule has 0 saturated carbocycles. The zero-order chi connectivity index (χ0) is 11.4. The molecule has 0 aromatic heterocycles. The van der Waals surface area contributed by atoms with Gasteiger partial charge in [-0.05, 0) is 6.07 Å². The van der Waals surface area contributed by atoms with E-state index < -0.39 is 17.9 Å². The second-order valence-corrected chi connectivity index (χ2v) is 2.94. The predicted molar refractivity (Wildman–Crippen MR) is 52.5 cm³/mol. The van der Waals surface area contributed by atoms with Gasteiger partial charge in [0.05, 0.1) is 12.7 Å². The highest BCUT2D eigenvalue weighted by atomic mass is 19.1. The first kappa shape index (κ1) is 11.4. The first-order chi connectivity index (χ1) is 7.07. The number of carbonyl (C=O) groups excluding carboxylic acids is 1. The Morgan fingerprint density at radius 2 is 2.13 bits per heavy atom. The van der Waals surface area contributed by atoms with Crippen LogP contribution in [0.5, 0.6) is 0 Å². The Morgan fingerprint density at radius 1 is 1.53 bits per heavy atom. The Hall–Kier alpha value is -1.68. The van der Waals surface area contributed by atoms with Crippen molar-refractivity contribution in [2.45, 2.75) is 6.10 Å². The number of methoxy groups -OCH3 is 1. The van der Waals surface area contributed by atoms with Crippen molar-refractivity contribution in [1.29, 1.82) is 0 Å². The molecule has 0 heterocycles. The molecule has 1 aromatic rings. The minimum Gasteiger partial charge on any atom is -0.466 e. The molecule has 0 bridgehead atoms. The topological polar surface area (TPSA) is 46.5 Å². The van der Waals surface area contributed by atoms with Crippen LogP contribution in [0.1, 0.15) is 11.7 Å². The van der Waals surface area contributed by atoms with Gasteiger partial charge in [-0.2, -0.15) is 0 Å². The number of rotatable bonds is 3. The lowest BCUT2D eigenvalue weighted by Gasteiger charge is -2.12. The van der Waals surface area contributed by atoms with Gasteiger partial charge < -0.3 is 9.84 Å². The third-order valence-corrected chi connectivity index (χ3v) is 1.98. The van der Waals surface area contributed by atoms with Crippen LogP contribution in [0.4, 0.5) is 4.39 Å². The number of halogens is 1. The van der Waals surface area contributed by atoms with E-state index in [9.17, 15) is 14.3 Å². The first-order valence-electron chi connectivity index (χ1n) is 4.27. The van der Waals surface area contributed by atoms with Crippen molar-refractivity contribution >= 4 is 5.97 Å². The molecular formula is C11H11FO3. The molecule has 1 aromatic carbocycles. The summed E-state index contributed by atoms with van der Waals surface area (Å²) in [5.41, 5.74) is -0.185. The highest BCUT2D eigenvalue weighted by Crippen LogP contribution is 2.23. The summed E-state index contributed by atoms with van der Waals surface area (Å²) in [6.45, 7) is 3.35. The molecule has 0 fully saturated rings. The van der Waals surface area contributed by atoms with E-state index in [1.807, 2.05) is 0 Å². The molecule has 0 aliphatic carbocycles. The zero-order valence-corrected chi connectivity index (χ0v) is 8.24. The lowest BCUT2D eigenvalue weighted by atomic mass is 10.0. The SMILES string of the molecule is C=C(C(=O)OC)[C@@H](O)c1ccccc1F. The van der Waals surface area contributed by atoms with Crippen LogP contribution in [0.15, 0.2) is 36.4 Å². The van der Waals surface area contributed by atoms with Crippen LogP contribution in [-0.2, 0) is 9.53 Å². The zero-order valence-electron chi connectivity index (χ0n) is 8.24. The van der Waals surface area contributed by atoms with Gasteiger partial charge in [0.15, 0.2) is 0 Å². The molecule has 4 heteroatoms. The number of ether oxygens (including phenoxy) is 1. The molecule has 0 spiro atoms. The second kappa shape index (κ2) is 4.70. The fraction of sp³-hybridized carbons (Fsp3) is 0.182. The van der Waals surface area contributed by atoms with Gasteiger partial charge in [-0.15, -0.1) is 0 Å². The van der Waals surface area contributed by atoms with Crippen LogP contribution in [0.3, 0.4) is 0 Å². The largest absolute Gasteiger partial charge is 0.466 e. The smallest absolute Gasteiger partial charge is 0.336 e. The van der Waals surface area contributed by atoms with Crippen LogP contribution in [0, 0.1) is 5.82 Å². The molecule has 15 heavy (non-hydrogen) atoms. The fourth-order valence-corrected chi connectivity index (χ4v) is 1.13. The highest BCUT2D eigenvalue weighted by molar-refractivity contribution is 5.88. The van der Waals surface area contributed by atoms with Gasteiger partial charge in [0.1, 0.15) is 11.9 Å². The number of benzene rings is 1. The molecule has 0 saturated heterocycles. The van der Waals surface area contributed by atoms with Crippen molar-refractivity contribution in [2.75, 3.05) is 7.11 Å². The van der Waals surface area contributed by atoms with Gasteiger partial charge in [0.25, 0.3) is 0 Å². The number of aliphatic hydroxyl groups excluding tert-OH is 1. The van der Waals surface area contributed by atoms with Crippen LogP contribution < -0.4 is 0 Å². The number of aliphatic hydroxyl groups is 1. The molecule has 80 valence electrons. The minimum atomic E-state index is -1.38. The van der Waals surface area contributed by atoms with Crippen molar-refractivity contribution in [2.24, 2.45) is 0 Å². The number of carbonyl (C=O) groups is 1. The van der Waals surface area contributed by atoms with Gasteiger partial charge in [-0.1, -0.05) is 24.8 Å². The second-order valence-electron chi connectivity index (χ2n) is 2.94.